The minimum absolute atomic E-state index is 0.268. The quantitative estimate of drug-likeness (QED) is 0.704. The van der Waals surface area contributed by atoms with Crippen molar-refractivity contribution in [2.45, 2.75) is 18.9 Å². The highest BCUT2D eigenvalue weighted by Crippen LogP contribution is 2.25. The fourth-order valence-corrected chi connectivity index (χ4v) is 1.90. The number of carbonyl (C=O) groups is 1. The van der Waals surface area contributed by atoms with Gasteiger partial charge in [-0.1, -0.05) is 11.6 Å². The molecule has 0 saturated carbocycles. The van der Waals surface area contributed by atoms with Crippen molar-refractivity contribution in [2.24, 2.45) is 0 Å². The number of ether oxygens (including phenoxy) is 1. The summed E-state index contributed by atoms with van der Waals surface area (Å²) in [6.07, 6.45) is 4.04. The van der Waals surface area contributed by atoms with Gasteiger partial charge < -0.3 is 4.74 Å². The van der Waals surface area contributed by atoms with Crippen molar-refractivity contribution in [1.82, 2.24) is 9.78 Å². The lowest BCUT2D eigenvalue weighted by Gasteiger charge is -2.22. The molecule has 14 heavy (non-hydrogen) atoms. The van der Waals surface area contributed by atoms with E-state index in [-0.39, 0.29) is 6.04 Å². The first kappa shape index (κ1) is 9.68. The van der Waals surface area contributed by atoms with E-state index in [0.717, 1.165) is 32.3 Å². The topological polar surface area (TPSA) is 44.1 Å². The van der Waals surface area contributed by atoms with E-state index in [0.29, 0.717) is 10.7 Å². The number of hydrogen-bond donors (Lipinski definition) is 0. The van der Waals surface area contributed by atoms with Crippen molar-refractivity contribution >= 4 is 17.9 Å². The van der Waals surface area contributed by atoms with Crippen molar-refractivity contribution in [3.05, 3.63) is 16.9 Å². The average Bonchev–Trinajstić information content (AvgIpc) is 2.61. The van der Waals surface area contributed by atoms with Gasteiger partial charge in [-0.15, -0.1) is 0 Å². The number of rotatable bonds is 2. The molecule has 1 aliphatic rings. The van der Waals surface area contributed by atoms with Crippen molar-refractivity contribution in [1.29, 1.82) is 0 Å². The zero-order valence-corrected chi connectivity index (χ0v) is 8.41. The molecule has 0 atom stereocenters. The normalized spacial score (nSPS) is 18.4. The highest BCUT2D eigenvalue weighted by Gasteiger charge is 2.19. The van der Waals surface area contributed by atoms with Gasteiger partial charge in [0.1, 0.15) is 5.15 Å². The van der Waals surface area contributed by atoms with Crippen molar-refractivity contribution in [3.8, 4) is 0 Å². The van der Waals surface area contributed by atoms with Crippen LogP contribution in [0.4, 0.5) is 0 Å². The molecule has 1 aliphatic heterocycles. The van der Waals surface area contributed by atoms with Crippen molar-refractivity contribution in [2.75, 3.05) is 13.2 Å². The third-order valence-electron chi connectivity index (χ3n) is 2.42. The Morgan fingerprint density at radius 3 is 2.86 bits per heavy atom. The van der Waals surface area contributed by atoms with Crippen LogP contribution in [0.2, 0.25) is 5.15 Å². The standard InChI is InChI=1S/C9H11ClN2O2/c10-9-7(6-13)5-11-12(9)8-1-3-14-4-2-8/h5-6,8H,1-4H2. The Morgan fingerprint density at radius 1 is 1.57 bits per heavy atom. The average molecular weight is 215 g/mol. The van der Waals surface area contributed by atoms with Crippen LogP contribution in [0.1, 0.15) is 29.2 Å². The molecule has 2 rings (SSSR count). The summed E-state index contributed by atoms with van der Waals surface area (Å²) in [4.78, 5) is 10.6. The third-order valence-corrected chi connectivity index (χ3v) is 2.82. The summed E-state index contributed by atoms with van der Waals surface area (Å²) in [6.45, 7) is 1.47. The molecule has 0 N–H and O–H groups in total. The van der Waals surface area contributed by atoms with Gasteiger partial charge in [0.2, 0.25) is 0 Å². The first-order chi connectivity index (χ1) is 6.83. The van der Waals surface area contributed by atoms with Crippen LogP contribution in [0.15, 0.2) is 6.20 Å². The van der Waals surface area contributed by atoms with Crippen LogP contribution in [-0.4, -0.2) is 29.3 Å². The second-order valence-corrected chi connectivity index (χ2v) is 3.65. The zero-order valence-electron chi connectivity index (χ0n) is 7.65. The molecule has 0 bridgehead atoms. The number of aromatic nitrogens is 2. The van der Waals surface area contributed by atoms with E-state index < -0.39 is 0 Å². The summed E-state index contributed by atoms with van der Waals surface area (Å²) >= 11 is 5.99. The van der Waals surface area contributed by atoms with Gasteiger partial charge in [-0.25, -0.2) is 0 Å². The molecule has 4 nitrogen and oxygen atoms in total. The maximum Gasteiger partial charge on any atom is 0.154 e. The molecule has 1 fully saturated rings. The molecule has 0 amide bonds. The Morgan fingerprint density at radius 2 is 2.29 bits per heavy atom. The van der Waals surface area contributed by atoms with Gasteiger partial charge >= 0.3 is 0 Å². The number of nitrogens with zero attached hydrogens (tertiary/aromatic N) is 2. The van der Waals surface area contributed by atoms with E-state index in [1.807, 2.05) is 0 Å². The number of carbonyl (C=O) groups excluding carboxylic acids is 1. The van der Waals surface area contributed by atoms with Crippen molar-refractivity contribution < 1.29 is 9.53 Å². The molecule has 76 valence electrons. The van der Waals surface area contributed by atoms with Gasteiger partial charge in [-0.2, -0.15) is 5.10 Å². The highest BCUT2D eigenvalue weighted by molar-refractivity contribution is 6.31. The molecule has 0 radical (unpaired) electrons. The van der Waals surface area contributed by atoms with Gasteiger partial charge in [-0.05, 0) is 12.8 Å². The Bertz CT molecular complexity index is 332. The Hall–Kier alpha value is -0.870. The number of aldehydes is 1. The molecule has 2 heterocycles. The van der Waals surface area contributed by atoms with Crippen molar-refractivity contribution in [3.63, 3.8) is 0 Å². The van der Waals surface area contributed by atoms with Crippen LogP contribution in [0.5, 0.6) is 0 Å². The van der Waals surface area contributed by atoms with Crippen LogP contribution in [0, 0.1) is 0 Å². The van der Waals surface area contributed by atoms with Gasteiger partial charge in [0.05, 0.1) is 17.8 Å². The van der Waals surface area contributed by atoms with Crippen LogP contribution in [0.25, 0.3) is 0 Å². The molecule has 0 aromatic carbocycles. The SMILES string of the molecule is O=Cc1cnn(C2CCOCC2)c1Cl. The number of halogens is 1. The third kappa shape index (κ3) is 1.67. The summed E-state index contributed by atoms with van der Waals surface area (Å²) in [6, 6.07) is 0.268. The lowest BCUT2D eigenvalue weighted by molar-refractivity contribution is 0.0663. The van der Waals surface area contributed by atoms with Gasteiger partial charge in [-0.3, -0.25) is 9.48 Å². The minimum atomic E-state index is 0.268. The van der Waals surface area contributed by atoms with E-state index in [1.165, 1.54) is 6.20 Å². The Labute approximate surface area is 86.8 Å². The molecule has 1 aromatic heterocycles. The molecule has 5 heteroatoms. The fourth-order valence-electron chi connectivity index (χ4n) is 1.62. The molecule has 0 unspecified atom stereocenters. The molecule has 1 saturated heterocycles. The minimum Gasteiger partial charge on any atom is -0.381 e. The smallest absolute Gasteiger partial charge is 0.154 e. The molecule has 1 aromatic rings. The van der Waals surface area contributed by atoms with Gasteiger partial charge in [0.25, 0.3) is 0 Å². The van der Waals surface area contributed by atoms with E-state index in [9.17, 15) is 4.79 Å². The molecular formula is C9H11ClN2O2. The zero-order chi connectivity index (χ0) is 9.97. The molecule has 0 aliphatic carbocycles. The maximum atomic E-state index is 10.6. The fraction of sp³-hybridized carbons (Fsp3) is 0.556. The van der Waals surface area contributed by atoms with E-state index >= 15 is 0 Å². The van der Waals surface area contributed by atoms with Crippen LogP contribution in [-0.2, 0) is 4.74 Å². The monoisotopic (exact) mass is 214 g/mol. The summed E-state index contributed by atoms with van der Waals surface area (Å²) in [5, 5.41) is 4.55. The second kappa shape index (κ2) is 4.11. The predicted molar refractivity (Wildman–Crippen MR) is 51.7 cm³/mol. The lowest BCUT2D eigenvalue weighted by Crippen LogP contribution is -2.20. The summed E-state index contributed by atoms with van der Waals surface area (Å²) in [7, 11) is 0. The van der Waals surface area contributed by atoms with Crippen LogP contribution in [0.3, 0.4) is 0 Å². The van der Waals surface area contributed by atoms with E-state index in [2.05, 4.69) is 5.10 Å². The van der Waals surface area contributed by atoms with Gasteiger partial charge in [0.15, 0.2) is 6.29 Å². The van der Waals surface area contributed by atoms with Crippen LogP contribution >= 0.6 is 11.6 Å². The largest absolute Gasteiger partial charge is 0.381 e. The Kier molecular flexibility index (Phi) is 2.84. The molecular weight excluding hydrogens is 204 g/mol. The summed E-state index contributed by atoms with van der Waals surface area (Å²) in [5.74, 6) is 0. The number of hydrogen-bond acceptors (Lipinski definition) is 3. The first-order valence-electron chi connectivity index (χ1n) is 4.59. The maximum absolute atomic E-state index is 10.6. The molecule has 0 spiro atoms. The second-order valence-electron chi connectivity index (χ2n) is 3.30. The highest BCUT2D eigenvalue weighted by atomic mass is 35.5. The van der Waals surface area contributed by atoms with E-state index in [1.54, 1.807) is 4.68 Å². The van der Waals surface area contributed by atoms with E-state index in [4.69, 9.17) is 16.3 Å². The summed E-state index contributed by atoms with van der Waals surface area (Å²) < 4.78 is 6.96. The summed E-state index contributed by atoms with van der Waals surface area (Å²) in [5.41, 5.74) is 0.457. The Balaban J connectivity index is 2.22. The predicted octanol–water partition coefficient (Wildman–Crippen LogP) is 1.70. The lowest BCUT2D eigenvalue weighted by atomic mass is 10.1. The first-order valence-corrected chi connectivity index (χ1v) is 4.96. The van der Waals surface area contributed by atoms with Gasteiger partial charge in [0, 0.05) is 13.2 Å². The van der Waals surface area contributed by atoms with Crippen LogP contribution < -0.4 is 0 Å².